The molecule has 406 valence electrons. The first-order chi connectivity index (χ1) is 35.3. The van der Waals surface area contributed by atoms with Crippen LogP contribution in [0.25, 0.3) is 10.4 Å². The van der Waals surface area contributed by atoms with Crippen LogP contribution in [0, 0.1) is 35.5 Å². The maximum atomic E-state index is 17.3. The summed E-state index contributed by atoms with van der Waals surface area (Å²) < 4.78 is 35.0. The highest BCUT2D eigenvalue weighted by Crippen LogP contribution is 2.55. The Bertz CT molecular complexity index is 2130. The molecule has 0 aromatic rings. The number of nitrogens with one attached hydrogen (secondary N) is 5. The zero-order valence-corrected chi connectivity index (χ0v) is 44.7. The van der Waals surface area contributed by atoms with Gasteiger partial charge in [0.15, 0.2) is 0 Å². The summed E-state index contributed by atoms with van der Waals surface area (Å²) in [5, 5.41) is 54.5. The number of halogens is 1. The molecule has 0 saturated carbocycles. The van der Waals surface area contributed by atoms with Crippen molar-refractivity contribution in [3.05, 3.63) is 57.1 Å². The van der Waals surface area contributed by atoms with Crippen molar-refractivity contribution in [2.45, 2.75) is 196 Å². The van der Waals surface area contributed by atoms with Crippen molar-refractivity contribution in [1.82, 2.24) is 41.3 Å². The molecule has 5 fully saturated rings. The number of fused-ring (bicyclic) bond motifs is 5. The van der Waals surface area contributed by atoms with E-state index in [0.29, 0.717) is 29.5 Å². The Morgan fingerprint density at radius 3 is 2.52 bits per heavy atom. The highest BCUT2D eigenvalue weighted by Gasteiger charge is 2.58. The molecule has 8 unspecified atom stereocenters. The summed E-state index contributed by atoms with van der Waals surface area (Å²) in [6, 6.07) is 0.242. The van der Waals surface area contributed by atoms with Crippen molar-refractivity contribution >= 4 is 17.6 Å². The van der Waals surface area contributed by atoms with Gasteiger partial charge in [0.25, 0.3) is 0 Å². The molecule has 10 aliphatic rings. The van der Waals surface area contributed by atoms with Crippen LogP contribution in [0.15, 0.2) is 56.8 Å². The molecule has 7 aliphatic heterocycles. The molecule has 10 rings (SSSR count). The molecular formula is C53H85FN12O6S. The molecular weight excluding hydrogens is 952 g/mol. The van der Waals surface area contributed by atoms with Crippen LogP contribution in [-0.4, -0.2) is 180 Å². The molecule has 0 amide bonds. The van der Waals surface area contributed by atoms with Gasteiger partial charge in [0.1, 0.15) is 24.1 Å². The van der Waals surface area contributed by atoms with E-state index < -0.39 is 25.1 Å². The maximum absolute atomic E-state index is 17.3. The number of aliphatic hydroxyl groups is 3. The van der Waals surface area contributed by atoms with Gasteiger partial charge in [-0.3, -0.25) is 41.0 Å². The van der Waals surface area contributed by atoms with Gasteiger partial charge in [-0.2, -0.15) is 0 Å². The topological polar surface area (TPSA) is 219 Å². The van der Waals surface area contributed by atoms with Gasteiger partial charge < -0.3 is 34.8 Å². The fraction of sp³-hybridized carbons (Fsp3) is 0.830. The molecule has 3 aliphatic carbocycles. The molecule has 0 aromatic carbocycles. The minimum atomic E-state index is -1.17. The summed E-state index contributed by atoms with van der Waals surface area (Å²) >= 11 is 1.95. The standard InChI is InChI=1S/C53H85FN12O6S/c1-28(2)38(60-52(68)70-5)27-64-19-7-9-40(64)48-56-26-37(59-48)32-22-35(54)46-42-23-33-21-31(36-25-57-49(58-36)41-10-8-20-65(41)50(67)47(29(3)4)61-53(69)71-6)13-16-39(33)66(42)51(72-43(46)24-32)45-18-17-44(73-45)30-11-14-34(15-12-30)62-63-55/h11,13-14,18,22,28-30,32-34,36-44,46-48,50-53,56,59-61,67-69H,7-10,12,15-17,19-21,23-27H2,1-6H3,(H,57,58)/t30-,32+,33?,34+,36?,37+,38+,39-,40-,41-,42?,43?,44+,46+,47-,48?,50+,51?,52?,53?/m0/s1. The van der Waals surface area contributed by atoms with Crippen LogP contribution in [-0.2, 0) is 14.2 Å². The number of ether oxygens (including phenoxy) is 3. The Labute approximate surface area is 436 Å². The first kappa shape index (κ1) is 53.9. The van der Waals surface area contributed by atoms with E-state index in [2.05, 4.69) is 89.5 Å². The van der Waals surface area contributed by atoms with E-state index in [1.807, 2.05) is 31.7 Å². The van der Waals surface area contributed by atoms with E-state index in [4.69, 9.17) is 24.7 Å². The number of rotatable bonds is 19. The third kappa shape index (κ3) is 11.4. The van der Waals surface area contributed by atoms with Crippen molar-refractivity contribution in [3.63, 3.8) is 0 Å². The van der Waals surface area contributed by atoms with Gasteiger partial charge in [-0.05, 0) is 124 Å². The van der Waals surface area contributed by atoms with Crippen molar-refractivity contribution in [2.24, 2.45) is 45.6 Å². The van der Waals surface area contributed by atoms with E-state index in [-0.39, 0.29) is 90.4 Å². The fourth-order valence-electron chi connectivity index (χ4n) is 14.6. The minimum Gasteiger partial charge on any atom is -0.377 e. The number of methoxy groups -OCH3 is 2. The summed E-state index contributed by atoms with van der Waals surface area (Å²) in [5.74, 6) is 1.67. The molecule has 0 radical (unpaired) electrons. The molecule has 0 aromatic heterocycles. The highest BCUT2D eigenvalue weighted by atomic mass is 32.2. The lowest BCUT2D eigenvalue weighted by atomic mass is 9.75. The minimum absolute atomic E-state index is 0.0157. The van der Waals surface area contributed by atoms with Crippen LogP contribution in [0.1, 0.15) is 98.3 Å². The van der Waals surface area contributed by atoms with Crippen LogP contribution < -0.4 is 26.6 Å². The number of azide groups is 1. The molecule has 8 N–H and O–H groups in total. The normalized spacial score (nSPS) is 40.0. The van der Waals surface area contributed by atoms with E-state index >= 15 is 4.39 Å². The van der Waals surface area contributed by atoms with E-state index in [1.54, 1.807) is 0 Å². The summed E-state index contributed by atoms with van der Waals surface area (Å²) in [7, 11) is 2.95. The van der Waals surface area contributed by atoms with Gasteiger partial charge in [0, 0.05) is 79.1 Å². The second-order valence-corrected chi connectivity index (χ2v) is 24.7. The first-order valence-electron chi connectivity index (χ1n) is 27.8. The predicted molar refractivity (Wildman–Crippen MR) is 281 cm³/mol. The van der Waals surface area contributed by atoms with E-state index in [0.717, 1.165) is 103 Å². The van der Waals surface area contributed by atoms with Gasteiger partial charge in [-0.15, -0.1) is 11.8 Å². The van der Waals surface area contributed by atoms with E-state index in [9.17, 15) is 15.3 Å². The van der Waals surface area contributed by atoms with Gasteiger partial charge >= 0.3 is 0 Å². The number of aliphatic hydroxyl groups excluding tert-OH is 3. The Morgan fingerprint density at radius 2 is 1.77 bits per heavy atom. The molecule has 5 saturated heterocycles. The molecule has 20 atom stereocenters. The largest absolute Gasteiger partial charge is 0.377 e. The molecule has 73 heavy (non-hydrogen) atoms. The lowest BCUT2D eigenvalue weighted by Crippen LogP contribution is -2.60. The summed E-state index contributed by atoms with van der Waals surface area (Å²) in [4.78, 5) is 16.7. The van der Waals surface area contributed by atoms with Gasteiger partial charge in [0.05, 0.1) is 48.9 Å². The number of likely N-dealkylation sites (tertiary alicyclic amines) is 2. The maximum Gasteiger partial charge on any atom is 0.213 e. The third-order valence-corrected chi connectivity index (χ3v) is 20.0. The summed E-state index contributed by atoms with van der Waals surface area (Å²) in [6.45, 7) is 12.4. The Balaban J connectivity index is 0.835. The van der Waals surface area contributed by atoms with Crippen molar-refractivity contribution < 1.29 is 33.9 Å². The third-order valence-electron chi connectivity index (χ3n) is 18.5. The molecule has 7 heterocycles. The van der Waals surface area contributed by atoms with Crippen LogP contribution in [0.5, 0.6) is 0 Å². The highest BCUT2D eigenvalue weighted by molar-refractivity contribution is 8.04. The van der Waals surface area contributed by atoms with E-state index in [1.165, 1.54) is 24.7 Å². The smallest absolute Gasteiger partial charge is 0.213 e. The summed E-state index contributed by atoms with van der Waals surface area (Å²) in [6.07, 6.45) is 18.1. The lowest BCUT2D eigenvalue weighted by Gasteiger charge is -2.51. The van der Waals surface area contributed by atoms with Crippen LogP contribution in [0.2, 0.25) is 0 Å². The summed E-state index contributed by atoms with van der Waals surface area (Å²) in [5.41, 5.74) is 10.4. The SMILES string of the molecule is COC(O)N[C@H](CN1CCC[C@H]1C1NC[C@H]([C@@H]2C=C(F)[C@H]3C(C2)OC(C2=CC[C@H]([C@H]4C=C[C@@H](N=[N+]=[N-])CC4)S2)N2C3CC3CC(C4CN=C([C@@H]5CCCN5[C@H](O)[C@@H](NC(O)OC)C(C)C)N4)=CC[C@@H]32)N1)C(C)C. The number of aliphatic imine (C=N–C) groups is 1. The molecule has 0 bridgehead atoms. The van der Waals surface area contributed by atoms with Crippen LogP contribution in [0.4, 0.5) is 4.39 Å². The average Bonchev–Trinajstić information content (AvgIpc) is 4.26. The monoisotopic (exact) mass is 1040 g/mol. The van der Waals surface area contributed by atoms with Gasteiger partial charge in [-0.1, -0.05) is 57.1 Å². The average molecular weight is 1040 g/mol. The Hall–Kier alpha value is -2.50. The second-order valence-electron chi connectivity index (χ2n) is 23.4. The molecule has 20 heteroatoms. The van der Waals surface area contributed by atoms with Crippen molar-refractivity contribution in [2.75, 3.05) is 46.9 Å². The number of thioether (sulfide) groups is 1. The second kappa shape index (κ2) is 23.6. The number of amidine groups is 1. The zero-order valence-electron chi connectivity index (χ0n) is 43.9. The zero-order chi connectivity index (χ0) is 51.1. The predicted octanol–water partition coefficient (Wildman–Crippen LogP) is 4.59. The number of nitrogens with zero attached hydrogens (tertiary/aromatic N) is 7. The van der Waals surface area contributed by atoms with Gasteiger partial charge in [-0.25, -0.2) is 4.39 Å². The molecule has 18 nitrogen and oxygen atoms in total. The van der Waals surface area contributed by atoms with Crippen LogP contribution >= 0.6 is 11.8 Å². The first-order valence-corrected chi connectivity index (χ1v) is 28.7. The number of allylic oxidation sites excluding steroid dienone is 2. The quantitative estimate of drug-likeness (QED) is 0.0292. The number of hydrogen-bond acceptors (Lipinski definition) is 17. The van der Waals surface area contributed by atoms with Crippen molar-refractivity contribution in [1.29, 1.82) is 0 Å². The molecule has 0 spiro atoms. The Morgan fingerprint density at radius 1 is 0.959 bits per heavy atom. The fourth-order valence-corrected chi connectivity index (χ4v) is 16.0. The number of hydrogen-bond donors (Lipinski definition) is 8. The van der Waals surface area contributed by atoms with Crippen LogP contribution in [0.3, 0.4) is 0 Å². The van der Waals surface area contributed by atoms with Gasteiger partial charge in [0.2, 0.25) is 12.8 Å². The lowest BCUT2D eigenvalue weighted by molar-refractivity contribution is -0.176. The Kier molecular flexibility index (Phi) is 17.4. The van der Waals surface area contributed by atoms with Crippen molar-refractivity contribution in [3.8, 4) is 0 Å².